The van der Waals surface area contributed by atoms with Crippen LogP contribution in [0.2, 0.25) is 0 Å². The number of rotatable bonds is 5. The Hall–Kier alpha value is -1.34. The van der Waals surface area contributed by atoms with Crippen LogP contribution < -0.4 is 4.74 Å². The molecule has 0 fully saturated rings. The molecule has 1 aromatic rings. The number of nitro benzene ring substituents is 1. The molecule has 0 aliphatic carbocycles. The molecule has 6 nitrogen and oxygen atoms in total. The van der Waals surface area contributed by atoms with E-state index in [2.05, 4.69) is 0 Å². The van der Waals surface area contributed by atoms with Crippen LogP contribution in [-0.4, -0.2) is 19.9 Å². The molecular weight excluding hydrogens is 282 g/mol. The van der Waals surface area contributed by atoms with Crippen molar-refractivity contribution in [1.29, 1.82) is 0 Å². The number of aryl methyl sites for hydroxylation is 1. The number of non-ortho nitro benzene ring substituents is 1. The van der Waals surface area contributed by atoms with Crippen molar-refractivity contribution >= 4 is 25.4 Å². The van der Waals surface area contributed by atoms with Gasteiger partial charge in [-0.2, -0.15) is 0 Å². The van der Waals surface area contributed by atoms with E-state index in [1.807, 2.05) is 0 Å². The zero-order valence-electron chi connectivity index (χ0n) is 9.84. The van der Waals surface area contributed by atoms with Crippen molar-refractivity contribution in [1.82, 2.24) is 0 Å². The lowest BCUT2D eigenvalue weighted by Crippen LogP contribution is -2.04. The monoisotopic (exact) mass is 293 g/mol. The number of hydrogen-bond acceptors (Lipinski definition) is 5. The van der Waals surface area contributed by atoms with E-state index in [1.54, 1.807) is 13.8 Å². The van der Waals surface area contributed by atoms with E-state index in [4.69, 9.17) is 15.4 Å². The van der Waals surface area contributed by atoms with Gasteiger partial charge in [-0.15, -0.1) is 0 Å². The van der Waals surface area contributed by atoms with Gasteiger partial charge in [0.15, 0.2) is 0 Å². The normalized spacial score (nSPS) is 11.3. The summed E-state index contributed by atoms with van der Waals surface area (Å²) in [5, 5.41) is 10.7. The standard InChI is InChI=1S/C10H12ClNO5S/c1-3-7-5-8(12(13)14)6-9(18(11,15)16)10(7)17-4-2/h5-6H,3-4H2,1-2H3. The summed E-state index contributed by atoms with van der Waals surface area (Å²) < 4.78 is 28.1. The van der Waals surface area contributed by atoms with Gasteiger partial charge in [0.25, 0.3) is 14.7 Å². The molecule has 0 atom stereocenters. The number of halogens is 1. The van der Waals surface area contributed by atoms with Crippen molar-refractivity contribution in [3.05, 3.63) is 27.8 Å². The number of hydrogen-bond donors (Lipinski definition) is 0. The van der Waals surface area contributed by atoms with Crippen LogP contribution in [0.5, 0.6) is 5.75 Å². The summed E-state index contributed by atoms with van der Waals surface area (Å²) in [6, 6.07) is 2.20. The molecule has 0 unspecified atom stereocenters. The van der Waals surface area contributed by atoms with E-state index in [1.165, 1.54) is 6.07 Å². The second-order valence-corrected chi connectivity index (χ2v) is 5.95. The van der Waals surface area contributed by atoms with Gasteiger partial charge in [0.1, 0.15) is 10.6 Å². The fraction of sp³-hybridized carbons (Fsp3) is 0.400. The molecule has 1 rings (SSSR count). The van der Waals surface area contributed by atoms with Gasteiger partial charge in [-0.1, -0.05) is 6.92 Å². The molecule has 8 heteroatoms. The lowest BCUT2D eigenvalue weighted by molar-refractivity contribution is -0.385. The summed E-state index contributed by atoms with van der Waals surface area (Å²) >= 11 is 0. The highest BCUT2D eigenvalue weighted by Crippen LogP contribution is 2.35. The van der Waals surface area contributed by atoms with Crippen molar-refractivity contribution in [2.45, 2.75) is 25.2 Å². The van der Waals surface area contributed by atoms with Crippen molar-refractivity contribution in [3.63, 3.8) is 0 Å². The highest BCUT2D eigenvalue weighted by Gasteiger charge is 2.24. The predicted molar refractivity (Wildman–Crippen MR) is 66.7 cm³/mol. The third kappa shape index (κ3) is 3.11. The first-order valence-corrected chi connectivity index (χ1v) is 7.51. The van der Waals surface area contributed by atoms with Gasteiger partial charge < -0.3 is 4.74 Å². The third-order valence-electron chi connectivity index (χ3n) is 2.26. The average Bonchev–Trinajstić information content (AvgIpc) is 2.27. The molecule has 0 N–H and O–H groups in total. The first-order valence-electron chi connectivity index (χ1n) is 5.20. The number of benzene rings is 1. The Morgan fingerprint density at radius 1 is 1.39 bits per heavy atom. The predicted octanol–water partition coefficient (Wildman–Crippen LogP) is 2.48. The van der Waals surface area contributed by atoms with E-state index in [9.17, 15) is 18.5 Å². The molecule has 0 saturated carbocycles. The van der Waals surface area contributed by atoms with E-state index in [-0.39, 0.29) is 22.9 Å². The maximum absolute atomic E-state index is 11.4. The summed E-state index contributed by atoms with van der Waals surface area (Å²) in [6.07, 6.45) is 0.399. The van der Waals surface area contributed by atoms with Crippen LogP contribution in [0.4, 0.5) is 5.69 Å². The second kappa shape index (κ2) is 5.53. The second-order valence-electron chi connectivity index (χ2n) is 3.41. The maximum atomic E-state index is 11.4. The molecule has 18 heavy (non-hydrogen) atoms. The zero-order valence-corrected chi connectivity index (χ0v) is 11.4. The van der Waals surface area contributed by atoms with E-state index < -0.39 is 14.0 Å². The summed E-state index contributed by atoms with van der Waals surface area (Å²) in [5.74, 6) is 0.0839. The number of nitrogens with zero attached hydrogens (tertiary/aromatic N) is 1. The quantitative estimate of drug-likeness (QED) is 0.473. The minimum absolute atomic E-state index is 0.0839. The Kier molecular flexibility index (Phi) is 4.53. The Morgan fingerprint density at radius 2 is 2.00 bits per heavy atom. The van der Waals surface area contributed by atoms with Crippen LogP contribution in [0, 0.1) is 10.1 Å². The van der Waals surface area contributed by atoms with Gasteiger partial charge in [-0.05, 0) is 13.3 Å². The lowest BCUT2D eigenvalue weighted by atomic mass is 10.1. The smallest absolute Gasteiger partial charge is 0.271 e. The van der Waals surface area contributed by atoms with Gasteiger partial charge in [0, 0.05) is 28.4 Å². The van der Waals surface area contributed by atoms with Crippen LogP contribution in [0.3, 0.4) is 0 Å². The summed E-state index contributed by atoms with van der Waals surface area (Å²) in [7, 11) is 1.17. The Bertz CT molecular complexity index is 570. The molecule has 0 spiro atoms. The highest BCUT2D eigenvalue weighted by atomic mass is 35.7. The van der Waals surface area contributed by atoms with E-state index in [0.29, 0.717) is 12.0 Å². The van der Waals surface area contributed by atoms with Crippen LogP contribution >= 0.6 is 10.7 Å². The minimum atomic E-state index is -4.10. The molecule has 0 aliphatic rings. The Morgan fingerprint density at radius 3 is 2.39 bits per heavy atom. The van der Waals surface area contributed by atoms with Gasteiger partial charge in [-0.3, -0.25) is 10.1 Å². The summed E-state index contributed by atoms with van der Waals surface area (Å²) in [4.78, 5) is 9.71. The molecule has 1 aromatic carbocycles. The molecular formula is C10H12ClNO5S. The van der Waals surface area contributed by atoms with Gasteiger partial charge in [0.05, 0.1) is 11.5 Å². The van der Waals surface area contributed by atoms with Crippen LogP contribution in [0.15, 0.2) is 17.0 Å². The average molecular weight is 294 g/mol. The van der Waals surface area contributed by atoms with Crippen molar-refractivity contribution in [2.24, 2.45) is 0 Å². The lowest BCUT2D eigenvalue weighted by Gasteiger charge is -2.12. The summed E-state index contributed by atoms with van der Waals surface area (Å²) in [5.41, 5.74) is 0.111. The van der Waals surface area contributed by atoms with Gasteiger partial charge in [0.2, 0.25) is 0 Å². The van der Waals surface area contributed by atoms with Gasteiger partial charge in [-0.25, -0.2) is 8.42 Å². The topological polar surface area (TPSA) is 86.5 Å². The largest absolute Gasteiger partial charge is 0.492 e. The highest BCUT2D eigenvalue weighted by molar-refractivity contribution is 8.13. The first-order chi connectivity index (χ1) is 8.31. The molecule has 0 bridgehead atoms. The maximum Gasteiger partial charge on any atom is 0.271 e. The SMILES string of the molecule is CCOc1c(CC)cc([N+](=O)[O-])cc1S(=O)(=O)Cl. The van der Waals surface area contributed by atoms with Crippen LogP contribution in [0.25, 0.3) is 0 Å². The fourth-order valence-corrected chi connectivity index (χ4v) is 2.52. The minimum Gasteiger partial charge on any atom is -0.492 e. The molecule has 0 amide bonds. The van der Waals surface area contributed by atoms with Crippen LogP contribution in [0.1, 0.15) is 19.4 Å². The fourth-order valence-electron chi connectivity index (χ4n) is 1.50. The number of ether oxygens (including phenoxy) is 1. The Labute approximate surface area is 109 Å². The van der Waals surface area contributed by atoms with E-state index >= 15 is 0 Å². The molecule has 0 saturated heterocycles. The molecule has 0 heterocycles. The van der Waals surface area contributed by atoms with Gasteiger partial charge >= 0.3 is 0 Å². The summed E-state index contributed by atoms with van der Waals surface area (Å²) in [6.45, 7) is 3.67. The van der Waals surface area contributed by atoms with E-state index in [0.717, 1.165) is 6.07 Å². The molecule has 100 valence electrons. The van der Waals surface area contributed by atoms with Crippen molar-refractivity contribution in [3.8, 4) is 5.75 Å². The van der Waals surface area contributed by atoms with Crippen LogP contribution in [-0.2, 0) is 15.5 Å². The Balaban J connectivity index is 3.62. The zero-order chi connectivity index (χ0) is 13.9. The molecule has 0 radical (unpaired) electrons. The number of nitro groups is 1. The van der Waals surface area contributed by atoms with Crippen molar-refractivity contribution < 1.29 is 18.1 Å². The van der Waals surface area contributed by atoms with Crippen molar-refractivity contribution in [2.75, 3.05) is 6.61 Å². The molecule has 0 aromatic heterocycles. The molecule has 0 aliphatic heterocycles. The first kappa shape index (κ1) is 14.7. The third-order valence-corrected chi connectivity index (χ3v) is 3.59.